The number of hydrogen-bond donors (Lipinski definition) is 2. The van der Waals surface area contributed by atoms with Gasteiger partial charge in [0, 0.05) is 30.8 Å². The molecule has 2 aromatic carbocycles. The molecule has 128 valence electrons. The Kier molecular flexibility index (Phi) is 4.45. The highest BCUT2D eigenvalue weighted by Crippen LogP contribution is 2.15. The number of hydrogen-bond acceptors (Lipinski definition) is 3. The Labute approximate surface area is 145 Å². The summed E-state index contributed by atoms with van der Waals surface area (Å²) >= 11 is 4.92. The van der Waals surface area contributed by atoms with E-state index in [-0.39, 0.29) is 28.3 Å². The molecular formula is C17H13F2N3O2S. The Morgan fingerprint density at radius 3 is 2.64 bits per heavy atom. The molecule has 0 fully saturated rings. The number of halogens is 2. The Morgan fingerprint density at radius 1 is 1.16 bits per heavy atom. The van der Waals surface area contributed by atoms with Gasteiger partial charge in [0.15, 0.2) is 4.77 Å². The van der Waals surface area contributed by atoms with Crippen LogP contribution in [0.25, 0.3) is 10.9 Å². The predicted octanol–water partition coefficient (Wildman–Crippen LogP) is 3.14. The lowest BCUT2D eigenvalue weighted by atomic mass is 10.1. The van der Waals surface area contributed by atoms with E-state index in [2.05, 4.69) is 9.97 Å². The summed E-state index contributed by atoms with van der Waals surface area (Å²) in [6.07, 6.45) is 0. The fourth-order valence-electron chi connectivity index (χ4n) is 2.50. The van der Waals surface area contributed by atoms with E-state index in [4.69, 9.17) is 12.2 Å². The topological polar surface area (TPSA) is 69.0 Å². The van der Waals surface area contributed by atoms with Crippen LogP contribution in [-0.2, 0) is 6.54 Å². The second kappa shape index (κ2) is 6.56. The number of carbonyl (C=O) groups excluding carboxylic acids is 1. The highest BCUT2D eigenvalue weighted by Gasteiger charge is 2.15. The minimum absolute atomic E-state index is 0.0195. The maximum atomic E-state index is 13.7. The normalized spacial score (nSPS) is 10.8. The zero-order valence-electron chi connectivity index (χ0n) is 13.1. The molecular weight excluding hydrogens is 348 g/mol. The first kappa shape index (κ1) is 17.0. The summed E-state index contributed by atoms with van der Waals surface area (Å²) < 4.78 is 26.9. The van der Waals surface area contributed by atoms with Crippen LogP contribution in [0.15, 0.2) is 41.2 Å². The second-order valence-corrected chi connectivity index (χ2v) is 5.97. The zero-order valence-corrected chi connectivity index (χ0v) is 13.9. The molecule has 0 radical (unpaired) electrons. The van der Waals surface area contributed by atoms with E-state index in [9.17, 15) is 18.4 Å². The largest absolute Gasteiger partial charge is 0.337 e. The van der Waals surface area contributed by atoms with Gasteiger partial charge in [0.2, 0.25) is 0 Å². The van der Waals surface area contributed by atoms with E-state index in [1.165, 1.54) is 36.2 Å². The molecule has 8 heteroatoms. The van der Waals surface area contributed by atoms with Gasteiger partial charge in [-0.05, 0) is 36.5 Å². The molecule has 3 rings (SSSR count). The molecule has 0 saturated carbocycles. The predicted molar refractivity (Wildman–Crippen MR) is 91.9 cm³/mol. The number of aromatic nitrogens is 2. The Bertz CT molecular complexity index is 1090. The molecule has 0 unspecified atom stereocenters. The molecule has 1 heterocycles. The molecule has 0 aliphatic carbocycles. The molecule has 0 aliphatic rings. The Morgan fingerprint density at radius 2 is 1.92 bits per heavy atom. The number of amides is 1. The van der Waals surface area contributed by atoms with Crippen molar-refractivity contribution in [2.75, 3.05) is 7.05 Å². The number of benzene rings is 2. The Hall–Kier alpha value is -2.87. The van der Waals surface area contributed by atoms with Gasteiger partial charge in [0.1, 0.15) is 11.6 Å². The molecule has 0 bridgehead atoms. The number of fused-ring (bicyclic) bond motifs is 1. The highest BCUT2D eigenvalue weighted by atomic mass is 32.1. The molecule has 0 spiro atoms. The first-order valence-electron chi connectivity index (χ1n) is 7.31. The number of nitrogens with one attached hydrogen (secondary N) is 2. The molecule has 0 aliphatic heterocycles. The minimum Gasteiger partial charge on any atom is -0.337 e. The van der Waals surface area contributed by atoms with E-state index >= 15 is 0 Å². The van der Waals surface area contributed by atoms with E-state index < -0.39 is 11.6 Å². The van der Waals surface area contributed by atoms with Crippen LogP contribution in [0.1, 0.15) is 15.9 Å². The van der Waals surface area contributed by atoms with Crippen molar-refractivity contribution in [3.8, 4) is 0 Å². The average Bonchev–Trinajstić information content (AvgIpc) is 2.55. The Balaban J connectivity index is 1.90. The molecule has 2 N–H and O–H groups in total. The SMILES string of the molecule is CN(Cc1ccc(F)cc1F)C(=O)c1ccc2c(=O)[nH]c(=S)[nH]c2c1. The van der Waals surface area contributed by atoms with Gasteiger partial charge in [-0.2, -0.15) is 0 Å². The van der Waals surface area contributed by atoms with Crippen molar-refractivity contribution < 1.29 is 13.6 Å². The molecule has 0 saturated heterocycles. The van der Waals surface area contributed by atoms with Crippen LogP contribution >= 0.6 is 12.2 Å². The lowest BCUT2D eigenvalue weighted by Gasteiger charge is -2.18. The fraction of sp³-hybridized carbons (Fsp3) is 0.118. The van der Waals surface area contributed by atoms with Crippen LogP contribution in [0.4, 0.5) is 8.78 Å². The van der Waals surface area contributed by atoms with Crippen molar-refractivity contribution in [3.63, 3.8) is 0 Å². The third kappa shape index (κ3) is 3.48. The molecule has 25 heavy (non-hydrogen) atoms. The van der Waals surface area contributed by atoms with E-state index in [1.807, 2.05) is 0 Å². The summed E-state index contributed by atoms with van der Waals surface area (Å²) in [5.74, 6) is -1.76. The van der Waals surface area contributed by atoms with E-state index in [0.29, 0.717) is 16.5 Å². The van der Waals surface area contributed by atoms with Crippen molar-refractivity contribution in [1.82, 2.24) is 14.9 Å². The van der Waals surface area contributed by atoms with Crippen molar-refractivity contribution in [2.24, 2.45) is 0 Å². The van der Waals surface area contributed by atoms with Gasteiger partial charge in [0.25, 0.3) is 11.5 Å². The first-order chi connectivity index (χ1) is 11.8. The van der Waals surface area contributed by atoms with Crippen molar-refractivity contribution in [1.29, 1.82) is 0 Å². The monoisotopic (exact) mass is 361 g/mol. The maximum absolute atomic E-state index is 13.7. The van der Waals surface area contributed by atoms with Crippen LogP contribution < -0.4 is 5.56 Å². The quantitative estimate of drug-likeness (QED) is 0.704. The lowest BCUT2D eigenvalue weighted by Crippen LogP contribution is -2.26. The maximum Gasteiger partial charge on any atom is 0.259 e. The van der Waals surface area contributed by atoms with E-state index in [1.54, 1.807) is 0 Å². The minimum atomic E-state index is -0.714. The van der Waals surface area contributed by atoms with Gasteiger partial charge >= 0.3 is 0 Å². The van der Waals surface area contributed by atoms with Crippen LogP contribution in [0.3, 0.4) is 0 Å². The number of rotatable bonds is 3. The van der Waals surface area contributed by atoms with E-state index in [0.717, 1.165) is 12.1 Å². The van der Waals surface area contributed by atoms with Crippen LogP contribution in [0.2, 0.25) is 0 Å². The van der Waals surface area contributed by atoms with Gasteiger partial charge in [0.05, 0.1) is 10.9 Å². The summed E-state index contributed by atoms with van der Waals surface area (Å²) in [5.41, 5.74) is 0.600. The third-order valence-electron chi connectivity index (χ3n) is 3.76. The third-order valence-corrected chi connectivity index (χ3v) is 3.96. The van der Waals surface area contributed by atoms with Gasteiger partial charge in [-0.15, -0.1) is 0 Å². The number of nitrogens with zero attached hydrogens (tertiary/aromatic N) is 1. The summed E-state index contributed by atoms with van der Waals surface area (Å²) in [7, 11) is 1.51. The number of aromatic amines is 2. The summed E-state index contributed by atoms with van der Waals surface area (Å²) in [6.45, 7) is -0.0195. The summed E-state index contributed by atoms with van der Waals surface area (Å²) in [6, 6.07) is 7.74. The van der Waals surface area contributed by atoms with Crippen molar-refractivity contribution in [3.05, 3.63) is 74.3 Å². The molecule has 3 aromatic rings. The van der Waals surface area contributed by atoms with Crippen LogP contribution in [-0.4, -0.2) is 27.8 Å². The fourth-order valence-corrected chi connectivity index (χ4v) is 2.70. The molecule has 0 atom stereocenters. The first-order valence-corrected chi connectivity index (χ1v) is 7.72. The zero-order chi connectivity index (χ0) is 18.1. The highest BCUT2D eigenvalue weighted by molar-refractivity contribution is 7.71. The standard InChI is InChI=1S/C17H13F2N3O2S/c1-22(8-10-2-4-11(18)7-13(10)19)16(24)9-3-5-12-14(6-9)20-17(25)21-15(12)23/h2-7H,8H2,1H3,(H2,20,21,23,25). The van der Waals surface area contributed by atoms with Gasteiger partial charge < -0.3 is 9.88 Å². The molecule has 1 aromatic heterocycles. The van der Waals surface area contributed by atoms with Gasteiger partial charge in [-0.25, -0.2) is 8.78 Å². The second-order valence-electron chi connectivity index (χ2n) is 5.57. The average molecular weight is 361 g/mol. The van der Waals surface area contributed by atoms with Crippen molar-refractivity contribution >= 4 is 29.0 Å². The molecule has 5 nitrogen and oxygen atoms in total. The molecule has 1 amide bonds. The van der Waals surface area contributed by atoms with Crippen LogP contribution in [0, 0.1) is 16.4 Å². The number of H-pyrrole nitrogens is 2. The lowest BCUT2D eigenvalue weighted by molar-refractivity contribution is 0.0784. The summed E-state index contributed by atoms with van der Waals surface area (Å²) in [4.78, 5) is 30.9. The summed E-state index contributed by atoms with van der Waals surface area (Å²) in [5, 5.41) is 0.373. The number of carbonyl (C=O) groups is 1. The van der Waals surface area contributed by atoms with Gasteiger partial charge in [-0.1, -0.05) is 6.07 Å². The van der Waals surface area contributed by atoms with Crippen LogP contribution in [0.5, 0.6) is 0 Å². The van der Waals surface area contributed by atoms with Crippen molar-refractivity contribution in [2.45, 2.75) is 6.54 Å². The smallest absolute Gasteiger partial charge is 0.259 e. The van der Waals surface area contributed by atoms with Gasteiger partial charge in [-0.3, -0.25) is 14.6 Å².